The summed E-state index contributed by atoms with van der Waals surface area (Å²) in [5, 5.41) is 2.78. The predicted octanol–water partition coefficient (Wildman–Crippen LogP) is 3.41. The van der Waals surface area contributed by atoms with Gasteiger partial charge in [0.1, 0.15) is 0 Å². The first-order chi connectivity index (χ1) is 12.2. The van der Waals surface area contributed by atoms with Gasteiger partial charge >= 0.3 is 0 Å². The second kappa shape index (κ2) is 9.61. The number of aromatic nitrogens is 2. The van der Waals surface area contributed by atoms with E-state index in [-0.39, 0.29) is 5.91 Å². The van der Waals surface area contributed by atoms with Crippen LogP contribution >= 0.6 is 0 Å². The molecule has 0 atom stereocenters. The summed E-state index contributed by atoms with van der Waals surface area (Å²) in [5.41, 5.74) is 2.05. The van der Waals surface area contributed by atoms with Gasteiger partial charge in [-0.1, -0.05) is 13.0 Å². The molecular weight excluding hydrogens is 318 g/mol. The average Bonchev–Trinajstić information content (AvgIpc) is 2.62. The Morgan fingerprint density at radius 2 is 1.92 bits per heavy atom. The molecule has 6 nitrogen and oxygen atoms in total. The highest BCUT2D eigenvalue weighted by Gasteiger charge is 2.06. The molecule has 1 heterocycles. The molecular formula is C19H25N3O3. The minimum atomic E-state index is -0.0284. The Labute approximate surface area is 148 Å². The molecule has 0 bridgehead atoms. The first-order valence-electron chi connectivity index (χ1n) is 8.48. The maximum Gasteiger partial charge on any atom is 0.225 e. The fourth-order valence-electron chi connectivity index (χ4n) is 2.53. The molecule has 1 aromatic heterocycles. The van der Waals surface area contributed by atoms with Crippen LogP contribution in [-0.4, -0.2) is 30.1 Å². The Hall–Kier alpha value is -2.63. The monoisotopic (exact) mass is 343 g/mol. The number of amides is 1. The lowest BCUT2D eigenvalue weighted by Gasteiger charge is -2.09. The van der Waals surface area contributed by atoms with Crippen molar-refractivity contribution >= 4 is 11.7 Å². The number of benzene rings is 1. The third-order valence-corrected chi connectivity index (χ3v) is 3.78. The van der Waals surface area contributed by atoms with Gasteiger partial charge in [0.05, 0.1) is 26.1 Å². The highest BCUT2D eigenvalue weighted by atomic mass is 16.5. The second-order valence-corrected chi connectivity index (χ2v) is 5.74. The quantitative estimate of drug-likeness (QED) is 0.755. The van der Waals surface area contributed by atoms with Crippen molar-refractivity contribution in [1.82, 2.24) is 9.97 Å². The van der Waals surface area contributed by atoms with E-state index in [0.717, 1.165) is 42.9 Å². The molecule has 0 spiro atoms. The van der Waals surface area contributed by atoms with Crippen molar-refractivity contribution in [2.24, 2.45) is 0 Å². The topological polar surface area (TPSA) is 73.3 Å². The van der Waals surface area contributed by atoms with Crippen LogP contribution in [0.5, 0.6) is 11.5 Å². The van der Waals surface area contributed by atoms with Gasteiger partial charge in [0.25, 0.3) is 0 Å². The zero-order chi connectivity index (χ0) is 18.1. The number of methoxy groups -OCH3 is 2. The van der Waals surface area contributed by atoms with Gasteiger partial charge in [-0.25, -0.2) is 4.98 Å². The van der Waals surface area contributed by atoms with Crippen LogP contribution in [0.4, 0.5) is 5.82 Å². The maximum atomic E-state index is 11.6. The number of carbonyl (C=O) groups excluding carboxylic acids is 1. The molecule has 0 aliphatic rings. The molecule has 2 aromatic rings. The molecule has 25 heavy (non-hydrogen) atoms. The molecule has 0 saturated heterocycles. The first-order valence-corrected chi connectivity index (χ1v) is 8.48. The highest BCUT2D eigenvalue weighted by molar-refractivity contribution is 5.89. The largest absolute Gasteiger partial charge is 0.493 e. The number of nitrogens with one attached hydrogen (secondary N) is 1. The molecule has 0 saturated carbocycles. The Bertz CT molecular complexity index is 704. The fourth-order valence-corrected chi connectivity index (χ4v) is 2.53. The summed E-state index contributed by atoms with van der Waals surface area (Å²) in [6.45, 7) is 1.97. The first kappa shape index (κ1) is 18.7. The van der Waals surface area contributed by atoms with E-state index in [0.29, 0.717) is 12.2 Å². The van der Waals surface area contributed by atoms with Crippen molar-refractivity contribution in [3.8, 4) is 11.5 Å². The molecule has 134 valence electrons. The number of hydrogen-bond donors (Lipinski definition) is 1. The van der Waals surface area contributed by atoms with Crippen LogP contribution in [0, 0.1) is 0 Å². The van der Waals surface area contributed by atoms with E-state index >= 15 is 0 Å². The Morgan fingerprint density at radius 1 is 1.12 bits per heavy atom. The predicted molar refractivity (Wildman–Crippen MR) is 97.1 cm³/mol. The summed E-state index contributed by atoms with van der Waals surface area (Å²) >= 11 is 0. The van der Waals surface area contributed by atoms with Crippen molar-refractivity contribution < 1.29 is 14.3 Å². The number of rotatable bonds is 9. The van der Waals surface area contributed by atoms with E-state index in [9.17, 15) is 4.79 Å². The lowest BCUT2D eigenvalue weighted by molar-refractivity contribution is -0.116. The smallest absolute Gasteiger partial charge is 0.225 e. The third kappa shape index (κ3) is 5.74. The van der Waals surface area contributed by atoms with E-state index in [1.54, 1.807) is 26.6 Å². The highest BCUT2D eigenvalue weighted by Crippen LogP contribution is 2.28. The van der Waals surface area contributed by atoms with Crippen LogP contribution in [0.3, 0.4) is 0 Å². The Morgan fingerprint density at radius 3 is 2.64 bits per heavy atom. The summed E-state index contributed by atoms with van der Waals surface area (Å²) in [5.74, 6) is 1.95. The molecule has 0 unspecified atom stereocenters. The van der Waals surface area contributed by atoms with Gasteiger partial charge in [0.15, 0.2) is 17.3 Å². The number of carbonyl (C=O) groups is 1. The number of anilines is 1. The molecule has 2 rings (SSSR count). The molecule has 6 heteroatoms. The zero-order valence-electron chi connectivity index (χ0n) is 15.0. The lowest BCUT2D eigenvalue weighted by atomic mass is 10.1. The van der Waals surface area contributed by atoms with E-state index in [2.05, 4.69) is 15.3 Å². The van der Waals surface area contributed by atoms with Crippen LogP contribution < -0.4 is 14.8 Å². The van der Waals surface area contributed by atoms with Crippen molar-refractivity contribution in [2.75, 3.05) is 19.5 Å². The van der Waals surface area contributed by atoms with Crippen LogP contribution in [0.2, 0.25) is 0 Å². The summed E-state index contributed by atoms with van der Waals surface area (Å²) in [6.07, 6.45) is 7.23. The van der Waals surface area contributed by atoms with Crippen LogP contribution in [0.15, 0.2) is 30.6 Å². The number of hydrogen-bond acceptors (Lipinski definition) is 5. The van der Waals surface area contributed by atoms with Gasteiger partial charge in [0.2, 0.25) is 5.91 Å². The van der Waals surface area contributed by atoms with Gasteiger partial charge < -0.3 is 14.8 Å². The molecule has 1 N–H and O–H groups in total. The summed E-state index contributed by atoms with van der Waals surface area (Å²) in [7, 11) is 3.26. The van der Waals surface area contributed by atoms with Gasteiger partial charge in [-0.05, 0) is 43.4 Å². The minimum Gasteiger partial charge on any atom is -0.493 e. The third-order valence-electron chi connectivity index (χ3n) is 3.78. The zero-order valence-corrected chi connectivity index (χ0v) is 15.0. The van der Waals surface area contributed by atoms with Crippen LogP contribution in [0.25, 0.3) is 0 Å². The SMILES string of the molecule is CCCC(=O)Nc1cncc(CCCc2ccc(OC)c(OC)c2)n1. The Kier molecular flexibility index (Phi) is 7.19. The number of ether oxygens (including phenoxy) is 2. The maximum absolute atomic E-state index is 11.6. The van der Waals surface area contributed by atoms with E-state index in [1.807, 2.05) is 25.1 Å². The standard InChI is InChI=1S/C19H25N3O3/c1-4-6-19(23)22-18-13-20-12-15(21-18)8-5-7-14-9-10-16(24-2)17(11-14)25-3/h9-13H,4-8H2,1-3H3,(H,21,22,23). The molecule has 0 aliphatic heterocycles. The van der Waals surface area contributed by atoms with Gasteiger partial charge in [-0.2, -0.15) is 0 Å². The Balaban J connectivity index is 1.90. The van der Waals surface area contributed by atoms with Crippen molar-refractivity contribution in [3.05, 3.63) is 41.9 Å². The number of aryl methyl sites for hydroxylation is 2. The van der Waals surface area contributed by atoms with Crippen molar-refractivity contribution in [1.29, 1.82) is 0 Å². The van der Waals surface area contributed by atoms with Crippen molar-refractivity contribution in [3.63, 3.8) is 0 Å². The van der Waals surface area contributed by atoms with E-state index < -0.39 is 0 Å². The normalized spacial score (nSPS) is 10.4. The van der Waals surface area contributed by atoms with Gasteiger partial charge in [0, 0.05) is 12.6 Å². The second-order valence-electron chi connectivity index (χ2n) is 5.74. The lowest BCUT2D eigenvalue weighted by Crippen LogP contribution is -2.12. The average molecular weight is 343 g/mol. The molecule has 0 radical (unpaired) electrons. The van der Waals surface area contributed by atoms with Crippen LogP contribution in [-0.2, 0) is 17.6 Å². The molecule has 0 aliphatic carbocycles. The summed E-state index contributed by atoms with van der Waals surface area (Å²) in [6, 6.07) is 5.94. The summed E-state index contributed by atoms with van der Waals surface area (Å²) in [4.78, 5) is 20.2. The molecule has 0 fully saturated rings. The minimum absolute atomic E-state index is 0.0284. The number of nitrogens with zero attached hydrogens (tertiary/aromatic N) is 2. The van der Waals surface area contributed by atoms with Gasteiger partial charge in [-0.15, -0.1) is 0 Å². The van der Waals surface area contributed by atoms with Crippen LogP contribution in [0.1, 0.15) is 37.4 Å². The molecule has 1 amide bonds. The van der Waals surface area contributed by atoms with Crippen molar-refractivity contribution in [2.45, 2.75) is 39.0 Å². The van der Waals surface area contributed by atoms with E-state index in [1.165, 1.54) is 5.56 Å². The van der Waals surface area contributed by atoms with E-state index in [4.69, 9.17) is 9.47 Å². The van der Waals surface area contributed by atoms with Gasteiger partial charge in [-0.3, -0.25) is 9.78 Å². The fraction of sp³-hybridized carbons (Fsp3) is 0.421. The molecule has 1 aromatic carbocycles. The summed E-state index contributed by atoms with van der Waals surface area (Å²) < 4.78 is 10.6.